The summed E-state index contributed by atoms with van der Waals surface area (Å²) in [5, 5.41) is 43.5. The molecule has 32 heavy (non-hydrogen) atoms. The lowest BCUT2D eigenvalue weighted by Crippen LogP contribution is -2.38. The number of hydrogen-bond acceptors (Lipinski definition) is 11. The average molecular weight is 465 g/mol. The molecule has 1 aromatic carbocycles. The molecule has 3 aromatic rings. The van der Waals surface area contributed by atoms with E-state index in [-0.39, 0.29) is 18.8 Å². The van der Waals surface area contributed by atoms with Crippen LogP contribution in [-0.2, 0) is 16.0 Å². The van der Waals surface area contributed by atoms with Crippen LogP contribution in [0.2, 0.25) is 0 Å². The van der Waals surface area contributed by atoms with Crippen LogP contribution in [-0.4, -0.2) is 80.1 Å². The first-order chi connectivity index (χ1) is 15.3. The Morgan fingerprint density at radius 1 is 1.25 bits per heavy atom. The molecule has 0 aliphatic carbocycles. The van der Waals surface area contributed by atoms with Crippen molar-refractivity contribution in [1.29, 1.82) is 0 Å². The second-order valence-corrected chi connectivity index (χ2v) is 7.93. The number of phenols is 1. The monoisotopic (exact) mass is 465 g/mol. The van der Waals surface area contributed by atoms with Crippen molar-refractivity contribution in [3.05, 3.63) is 42.5 Å². The van der Waals surface area contributed by atoms with Gasteiger partial charge in [0.15, 0.2) is 23.2 Å². The Morgan fingerprint density at radius 2 is 2.06 bits per heavy atom. The number of ether oxygens (including phenoxy) is 1. The molecular weight excluding hydrogens is 444 g/mol. The molecule has 1 aliphatic rings. The van der Waals surface area contributed by atoms with E-state index in [0.717, 1.165) is 0 Å². The van der Waals surface area contributed by atoms with E-state index in [1.165, 1.54) is 29.4 Å². The smallest absolute Gasteiger partial charge is 0.167 e. The molecule has 6 atom stereocenters. The van der Waals surface area contributed by atoms with Crippen LogP contribution in [0.3, 0.4) is 0 Å². The third-order valence-corrected chi connectivity index (χ3v) is 5.49. The van der Waals surface area contributed by atoms with Gasteiger partial charge < -0.3 is 35.0 Å². The lowest BCUT2D eigenvalue weighted by molar-refractivity contribution is -0.0330. The summed E-state index contributed by atoms with van der Waals surface area (Å²) in [6.45, 7) is -0.143. The number of aromatic nitrogens is 4. The zero-order chi connectivity index (χ0) is 22.8. The highest BCUT2D eigenvalue weighted by molar-refractivity contribution is 7.77. The van der Waals surface area contributed by atoms with Crippen LogP contribution in [0, 0.1) is 0 Å². The Labute approximate surface area is 184 Å². The molecule has 0 bridgehead atoms. The first-order valence-corrected chi connectivity index (χ1v) is 10.7. The maximum Gasteiger partial charge on any atom is 0.167 e. The highest BCUT2D eigenvalue weighted by Crippen LogP contribution is 2.32. The van der Waals surface area contributed by atoms with Gasteiger partial charge >= 0.3 is 0 Å². The lowest BCUT2D eigenvalue weighted by atomic mass is 10.1. The number of nitrogens with one attached hydrogen (secondary N) is 2. The van der Waals surface area contributed by atoms with Crippen molar-refractivity contribution >= 4 is 28.2 Å². The summed E-state index contributed by atoms with van der Waals surface area (Å²) < 4.78 is 30.6. The summed E-state index contributed by atoms with van der Waals surface area (Å²) in [5.41, 5.74) is 1.15. The SMILES string of the molecule is O=S([O-])NC[C@H]1O[C@@H](n2cnc3c(NC[C@H](O)c4cccc(O)c4)ncnc32)[C@H](O)[C@@H]1O. The molecule has 4 rings (SSSR count). The fourth-order valence-electron chi connectivity index (χ4n) is 3.49. The van der Waals surface area contributed by atoms with Crippen molar-refractivity contribution in [2.24, 2.45) is 0 Å². The fourth-order valence-corrected chi connectivity index (χ4v) is 3.79. The minimum Gasteiger partial charge on any atom is -0.760 e. The molecule has 1 fully saturated rings. The van der Waals surface area contributed by atoms with Gasteiger partial charge in [-0.1, -0.05) is 12.1 Å². The number of phenolic OH excluding ortho intramolecular Hbond substituents is 1. The molecule has 0 saturated carbocycles. The number of aromatic hydroxyl groups is 1. The van der Waals surface area contributed by atoms with Crippen molar-refractivity contribution in [3.63, 3.8) is 0 Å². The normalized spacial score (nSPS) is 25.1. The standard InChI is InChI=1S/C18H22N6O7S/c25-10-3-1-2-9(4-10)11(26)5-19-16-13-17(21-7-20-16)24(8-22-13)18-15(28)14(27)12(31-18)6-23-32(29)30/h1-4,7-8,11-12,14-15,18,23,25-28H,5-6H2,(H,29,30)(H,19,20,21)/p-1/t11-,12+,14+,15+,18+/m0/s1. The number of hydrogen-bond donors (Lipinski definition) is 6. The second kappa shape index (κ2) is 9.41. The molecule has 0 amide bonds. The molecule has 172 valence electrons. The minimum atomic E-state index is -2.54. The molecule has 1 unspecified atom stereocenters. The van der Waals surface area contributed by atoms with Crippen LogP contribution in [0.15, 0.2) is 36.9 Å². The van der Waals surface area contributed by atoms with Crippen molar-refractivity contribution in [2.45, 2.75) is 30.6 Å². The Bertz CT molecular complexity index is 1110. The number of rotatable bonds is 8. The fraction of sp³-hybridized carbons (Fsp3) is 0.389. The Hall–Kier alpha value is -2.72. The van der Waals surface area contributed by atoms with E-state index in [1.54, 1.807) is 12.1 Å². The summed E-state index contributed by atoms with van der Waals surface area (Å²) >= 11 is -2.54. The third kappa shape index (κ3) is 4.56. The molecule has 3 heterocycles. The van der Waals surface area contributed by atoms with Gasteiger partial charge in [-0.2, -0.15) is 0 Å². The number of fused-ring (bicyclic) bond motifs is 1. The number of nitrogens with zero attached hydrogens (tertiary/aromatic N) is 4. The lowest BCUT2D eigenvalue weighted by Gasteiger charge is -2.17. The molecule has 14 heteroatoms. The Kier molecular flexibility index (Phi) is 6.61. The summed E-state index contributed by atoms with van der Waals surface area (Å²) in [7, 11) is 0. The second-order valence-electron chi connectivity index (χ2n) is 7.17. The number of benzene rings is 1. The molecule has 13 nitrogen and oxygen atoms in total. The van der Waals surface area contributed by atoms with E-state index in [9.17, 15) is 29.2 Å². The maximum atomic E-state index is 10.7. The molecular formula is C18H21N6O7S-. The molecule has 1 aliphatic heterocycles. The van der Waals surface area contributed by atoms with Crippen molar-refractivity contribution in [1.82, 2.24) is 24.2 Å². The van der Waals surface area contributed by atoms with Crippen molar-refractivity contribution < 1.29 is 33.9 Å². The third-order valence-electron chi connectivity index (χ3n) is 5.09. The highest BCUT2D eigenvalue weighted by Gasteiger charge is 2.44. The van der Waals surface area contributed by atoms with E-state index in [4.69, 9.17) is 4.74 Å². The zero-order valence-corrected chi connectivity index (χ0v) is 17.3. The maximum absolute atomic E-state index is 10.7. The number of anilines is 1. The van der Waals surface area contributed by atoms with Crippen LogP contribution in [0.4, 0.5) is 5.82 Å². The summed E-state index contributed by atoms with van der Waals surface area (Å²) in [6.07, 6.45) is -3.00. The molecule has 0 spiro atoms. The van der Waals surface area contributed by atoms with E-state index < -0.39 is 41.9 Å². The summed E-state index contributed by atoms with van der Waals surface area (Å²) in [6, 6.07) is 6.25. The minimum absolute atomic E-state index is 0.0389. The van der Waals surface area contributed by atoms with Gasteiger partial charge in [0, 0.05) is 24.4 Å². The van der Waals surface area contributed by atoms with Crippen LogP contribution >= 0.6 is 0 Å². The van der Waals surface area contributed by atoms with E-state index in [0.29, 0.717) is 22.5 Å². The zero-order valence-electron chi connectivity index (χ0n) is 16.5. The first kappa shape index (κ1) is 22.5. The van der Waals surface area contributed by atoms with Crippen molar-refractivity contribution in [3.8, 4) is 5.75 Å². The first-order valence-electron chi connectivity index (χ1n) is 9.58. The average Bonchev–Trinajstić information content (AvgIpc) is 3.32. The Balaban J connectivity index is 1.51. The Morgan fingerprint density at radius 3 is 2.81 bits per heavy atom. The van der Waals surface area contributed by atoms with Crippen LogP contribution in [0.1, 0.15) is 17.9 Å². The molecule has 2 aromatic heterocycles. The van der Waals surface area contributed by atoms with Gasteiger partial charge in [-0.25, -0.2) is 19.7 Å². The van der Waals surface area contributed by atoms with Gasteiger partial charge in [-0.05, 0) is 17.7 Å². The predicted molar refractivity (Wildman–Crippen MR) is 110 cm³/mol. The molecule has 0 radical (unpaired) electrons. The predicted octanol–water partition coefficient (Wildman–Crippen LogP) is -1.32. The van der Waals surface area contributed by atoms with E-state index >= 15 is 0 Å². The number of aliphatic hydroxyl groups is 3. The topological polar surface area (TPSA) is 198 Å². The van der Waals surface area contributed by atoms with Gasteiger partial charge in [0.2, 0.25) is 0 Å². The summed E-state index contributed by atoms with van der Waals surface area (Å²) in [5.74, 6) is 0.359. The van der Waals surface area contributed by atoms with Gasteiger partial charge in [0.05, 0.1) is 12.4 Å². The number of aliphatic hydroxyl groups excluding tert-OH is 3. The van der Waals surface area contributed by atoms with Gasteiger partial charge in [0.25, 0.3) is 0 Å². The largest absolute Gasteiger partial charge is 0.760 e. The molecule has 1 saturated heterocycles. The van der Waals surface area contributed by atoms with Crippen LogP contribution in [0.25, 0.3) is 11.2 Å². The summed E-state index contributed by atoms with van der Waals surface area (Å²) in [4.78, 5) is 12.6. The van der Waals surface area contributed by atoms with Crippen molar-refractivity contribution in [2.75, 3.05) is 18.4 Å². The van der Waals surface area contributed by atoms with Gasteiger partial charge in [-0.15, -0.1) is 0 Å². The quantitative estimate of drug-likeness (QED) is 0.216. The van der Waals surface area contributed by atoms with Gasteiger partial charge in [-0.3, -0.25) is 8.78 Å². The highest BCUT2D eigenvalue weighted by atomic mass is 32.2. The number of imidazole rings is 1. The van der Waals surface area contributed by atoms with E-state index in [1.807, 2.05) is 0 Å². The molecule has 6 N–H and O–H groups in total. The van der Waals surface area contributed by atoms with Crippen LogP contribution < -0.4 is 10.0 Å². The van der Waals surface area contributed by atoms with Gasteiger partial charge in [0.1, 0.15) is 30.4 Å². The van der Waals surface area contributed by atoms with Crippen LogP contribution in [0.5, 0.6) is 5.75 Å². The van der Waals surface area contributed by atoms with E-state index in [2.05, 4.69) is 25.0 Å².